The van der Waals surface area contributed by atoms with E-state index in [0.29, 0.717) is 22.1 Å². The maximum Gasteiger partial charge on any atom is 0.227 e. The molecule has 0 unspecified atom stereocenters. The van der Waals surface area contributed by atoms with Crippen molar-refractivity contribution in [3.63, 3.8) is 0 Å². The molecule has 0 atom stereocenters. The third kappa shape index (κ3) is 3.13. The van der Waals surface area contributed by atoms with Crippen LogP contribution in [-0.2, 0) is 4.79 Å². The highest BCUT2D eigenvalue weighted by Crippen LogP contribution is 2.25. The van der Waals surface area contributed by atoms with Crippen molar-refractivity contribution in [2.75, 3.05) is 5.75 Å². The minimum Gasteiger partial charge on any atom is -0.369 e. The number of thioether (sulfide) groups is 1. The average Bonchev–Trinajstić information content (AvgIpc) is 2.45. The van der Waals surface area contributed by atoms with Crippen molar-refractivity contribution < 1.29 is 4.79 Å². The van der Waals surface area contributed by atoms with E-state index < -0.39 is 5.91 Å². The zero-order valence-corrected chi connectivity index (χ0v) is 11.6. The lowest BCUT2D eigenvalue weighted by Gasteiger charge is -2.07. The van der Waals surface area contributed by atoms with Gasteiger partial charge in [0.1, 0.15) is 16.7 Å². The van der Waals surface area contributed by atoms with Crippen LogP contribution >= 0.6 is 11.8 Å². The van der Waals surface area contributed by atoms with Crippen molar-refractivity contribution in [3.8, 4) is 17.5 Å². The fourth-order valence-electron chi connectivity index (χ4n) is 1.64. The molecule has 0 radical (unpaired) electrons. The van der Waals surface area contributed by atoms with Gasteiger partial charge in [-0.1, -0.05) is 42.1 Å². The highest BCUT2D eigenvalue weighted by molar-refractivity contribution is 8.00. The third-order valence-electron chi connectivity index (χ3n) is 2.55. The van der Waals surface area contributed by atoms with Gasteiger partial charge in [-0.05, 0) is 6.92 Å². The van der Waals surface area contributed by atoms with Gasteiger partial charge in [0.25, 0.3) is 0 Å². The molecule has 1 aromatic heterocycles. The maximum absolute atomic E-state index is 10.9. The van der Waals surface area contributed by atoms with Crippen LogP contribution in [0.25, 0.3) is 11.4 Å². The molecule has 5 nitrogen and oxygen atoms in total. The molecule has 0 aliphatic carbocycles. The third-order valence-corrected chi connectivity index (χ3v) is 3.55. The Morgan fingerprint density at radius 1 is 1.35 bits per heavy atom. The van der Waals surface area contributed by atoms with Crippen LogP contribution < -0.4 is 5.73 Å². The second kappa shape index (κ2) is 6.17. The molecule has 1 heterocycles. The van der Waals surface area contributed by atoms with Crippen LogP contribution in [0, 0.1) is 18.3 Å². The summed E-state index contributed by atoms with van der Waals surface area (Å²) >= 11 is 1.15. The summed E-state index contributed by atoms with van der Waals surface area (Å²) in [6, 6.07) is 11.5. The van der Waals surface area contributed by atoms with Crippen molar-refractivity contribution in [2.24, 2.45) is 5.73 Å². The van der Waals surface area contributed by atoms with E-state index in [1.54, 1.807) is 6.92 Å². The molecule has 6 heteroatoms. The van der Waals surface area contributed by atoms with E-state index in [0.717, 1.165) is 17.3 Å². The van der Waals surface area contributed by atoms with Crippen molar-refractivity contribution in [1.29, 1.82) is 5.26 Å². The minimum atomic E-state index is -0.448. The van der Waals surface area contributed by atoms with Gasteiger partial charge in [-0.2, -0.15) is 5.26 Å². The van der Waals surface area contributed by atoms with Crippen molar-refractivity contribution in [1.82, 2.24) is 9.97 Å². The molecule has 0 saturated carbocycles. The zero-order chi connectivity index (χ0) is 14.5. The van der Waals surface area contributed by atoms with Crippen molar-refractivity contribution in [3.05, 3.63) is 41.6 Å². The first-order chi connectivity index (χ1) is 9.61. The summed E-state index contributed by atoms with van der Waals surface area (Å²) in [5.74, 6) is 0.171. The predicted molar refractivity (Wildman–Crippen MR) is 76.8 cm³/mol. The normalized spacial score (nSPS) is 10.0. The molecule has 0 saturated heterocycles. The number of aromatic nitrogens is 2. The number of amides is 1. The summed E-state index contributed by atoms with van der Waals surface area (Å²) in [7, 11) is 0. The standard InChI is InChI=1S/C14H12N4OS/c1-9-11(7-15)14(20-8-12(16)19)18-13(17-9)10-5-3-2-4-6-10/h2-6H,8H2,1H3,(H2,16,19). The lowest BCUT2D eigenvalue weighted by molar-refractivity contribution is -0.115. The molecule has 1 amide bonds. The van der Waals surface area contributed by atoms with E-state index in [2.05, 4.69) is 16.0 Å². The first-order valence-corrected chi connectivity index (χ1v) is 6.85. The second-order valence-electron chi connectivity index (χ2n) is 4.05. The first kappa shape index (κ1) is 14.0. The summed E-state index contributed by atoms with van der Waals surface area (Å²) in [5.41, 5.74) is 6.97. The number of nitriles is 1. The maximum atomic E-state index is 10.9. The monoisotopic (exact) mass is 284 g/mol. The number of hydrogen-bond donors (Lipinski definition) is 1. The number of rotatable bonds is 4. The van der Waals surface area contributed by atoms with Crippen LogP contribution in [0.2, 0.25) is 0 Å². The number of primary amides is 1. The lowest BCUT2D eigenvalue weighted by Crippen LogP contribution is -2.13. The number of carbonyl (C=O) groups excluding carboxylic acids is 1. The van der Waals surface area contributed by atoms with E-state index in [-0.39, 0.29) is 5.75 Å². The topological polar surface area (TPSA) is 92.7 Å². The molecule has 20 heavy (non-hydrogen) atoms. The summed E-state index contributed by atoms with van der Waals surface area (Å²) in [6.45, 7) is 1.75. The van der Waals surface area contributed by atoms with Crippen LogP contribution in [0.1, 0.15) is 11.3 Å². The Kier molecular flexibility index (Phi) is 4.33. The zero-order valence-electron chi connectivity index (χ0n) is 10.8. The second-order valence-corrected chi connectivity index (χ2v) is 5.01. The molecule has 0 spiro atoms. The molecular weight excluding hydrogens is 272 g/mol. The number of carbonyl (C=O) groups is 1. The SMILES string of the molecule is Cc1nc(-c2ccccc2)nc(SCC(N)=O)c1C#N. The Morgan fingerprint density at radius 3 is 2.65 bits per heavy atom. The average molecular weight is 284 g/mol. The van der Waals surface area contributed by atoms with Crippen LogP contribution in [-0.4, -0.2) is 21.6 Å². The molecule has 2 rings (SSSR count). The predicted octanol–water partition coefficient (Wildman–Crippen LogP) is 1.90. The molecule has 0 fully saturated rings. The Bertz CT molecular complexity index is 680. The summed E-state index contributed by atoms with van der Waals surface area (Å²) < 4.78 is 0. The number of nitrogens with zero attached hydrogens (tertiary/aromatic N) is 3. The molecule has 1 aromatic carbocycles. The van der Waals surface area contributed by atoms with Gasteiger partial charge in [0.15, 0.2) is 5.82 Å². The Balaban J connectivity index is 2.47. The number of aryl methyl sites for hydroxylation is 1. The van der Waals surface area contributed by atoms with Crippen LogP contribution in [0.15, 0.2) is 35.4 Å². The quantitative estimate of drug-likeness (QED) is 0.683. The number of nitrogens with two attached hydrogens (primary N) is 1. The van der Waals surface area contributed by atoms with Crippen molar-refractivity contribution >= 4 is 17.7 Å². The van der Waals surface area contributed by atoms with Gasteiger partial charge in [0.2, 0.25) is 5.91 Å². The van der Waals surface area contributed by atoms with Gasteiger partial charge in [0, 0.05) is 5.56 Å². The Labute approximate surface area is 120 Å². The molecule has 0 aliphatic rings. The molecule has 100 valence electrons. The Hall–Kier alpha value is -2.39. The number of benzene rings is 1. The summed E-state index contributed by atoms with van der Waals surface area (Å²) in [4.78, 5) is 19.6. The molecular formula is C14H12N4OS. The molecule has 2 aromatic rings. The van der Waals surface area contributed by atoms with Crippen LogP contribution in [0.3, 0.4) is 0 Å². The van der Waals surface area contributed by atoms with Gasteiger partial charge in [0.05, 0.1) is 11.4 Å². The minimum absolute atomic E-state index is 0.0827. The largest absolute Gasteiger partial charge is 0.369 e. The number of hydrogen-bond acceptors (Lipinski definition) is 5. The van der Waals surface area contributed by atoms with E-state index in [9.17, 15) is 4.79 Å². The fourth-order valence-corrected chi connectivity index (χ4v) is 2.40. The van der Waals surface area contributed by atoms with Gasteiger partial charge >= 0.3 is 0 Å². The van der Waals surface area contributed by atoms with Crippen LogP contribution in [0.5, 0.6) is 0 Å². The van der Waals surface area contributed by atoms with E-state index >= 15 is 0 Å². The van der Waals surface area contributed by atoms with Gasteiger partial charge < -0.3 is 5.73 Å². The highest BCUT2D eigenvalue weighted by atomic mass is 32.2. The van der Waals surface area contributed by atoms with Crippen LogP contribution in [0.4, 0.5) is 0 Å². The van der Waals surface area contributed by atoms with Gasteiger partial charge in [-0.15, -0.1) is 0 Å². The van der Waals surface area contributed by atoms with E-state index in [1.165, 1.54) is 0 Å². The summed E-state index contributed by atoms with van der Waals surface area (Å²) in [6.07, 6.45) is 0. The smallest absolute Gasteiger partial charge is 0.227 e. The van der Waals surface area contributed by atoms with E-state index in [4.69, 9.17) is 11.0 Å². The molecule has 0 bridgehead atoms. The fraction of sp³-hybridized carbons (Fsp3) is 0.143. The molecule has 0 aliphatic heterocycles. The highest BCUT2D eigenvalue weighted by Gasteiger charge is 2.13. The first-order valence-electron chi connectivity index (χ1n) is 5.87. The Morgan fingerprint density at radius 2 is 2.05 bits per heavy atom. The lowest BCUT2D eigenvalue weighted by atomic mass is 10.2. The van der Waals surface area contributed by atoms with Crippen molar-refractivity contribution in [2.45, 2.75) is 11.9 Å². The summed E-state index contributed by atoms with van der Waals surface area (Å²) in [5, 5.41) is 9.65. The van der Waals surface area contributed by atoms with E-state index in [1.807, 2.05) is 30.3 Å². The molecule has 2 N–H and O–H groups in total. The van der Waals surface area contributed by atoms with Gasteiger partial charge in [-0.25, -0.2) is 9.97 Å². The van der Waals surface area contributed by atoms with Gasteiger partial charge in [-0.3, -0.25) is 4.79 Å².